The van der Waals surface area contributed by atoms with Crippen molar-refractivity contribution in [2.45, 2.75) is 18.9 Å². The van der Waals surface area contributed by atoms with Gasteiger partial charge in [-0.3, -0.25) is 0 Å². The second-order valence-electron chi connectivity index (χ2n) is 4.65. The molecule has 1 atom stereocenters. The van der Waals surface area contributed by atoms with Crippen molar-refractivity contribution >= 4 is 17.4 Å². The molecule has 1 aromatic heterocycles. The van der Waals surface area contributed by atoms with Gasteiger partial charge in [0, 0.05) is 13.2 Å². The third-order valence-corrected chi connectivity index (χ3v) is 3.14. The summed E-state index contributed by atoms with van der Waals surface area (Å²) in [5.41, 5.74) is 0.172. The second-order valence-corrected chi connectivity index (χ2v) is 5.06. The number of anilines is 1. The molecule has 0 saturated heterocycles. The number of aliphatic hydroxyl groups is 1. The molecule has 0 bridgehead atoms. The van der Waals surface area contributed by atoms with Gasteiger partial charge in [0.2, 0.25) is 0 Å². The zero-order valence-electron chi connectivity index (χ0n) is 10.5. The molecule has 2 rings (SSSR count). The van der Waals surface area contributed by atoms with Gasteiger partial charge in [0.1, 0.15) is 11.9 Å². The van der Waals surface area contributed by atoms with Crippen molar-refractivity contribution in [2.24, 2.45) is 5.92 Å². The number of hydrogen-bond donors (Lipinski definition) is 2. The van der Waals surface area contributed by atoms with E-state index < -0.39 is 6.10 Å². The highest BCUT2D eigenvalue weighted by Crippen LogP contribution is 2.28. The fourth-order valence-electron chi connectivity index (χ4n) is 1.56. The molecule has 0 spiro atoms. The van der Waals surface area contributed by atoms with E-state index in [2.05, 4.69) is 10.3 Å². The number of aliphatic hydroxyl groups excluding tert-OH is 1. The lowest BCUT2D eigenvalue weighted by atomic mass is 10.3. The Bertz CT molecular complexity index is 471. The second kappa shape index (κ2) is 6.71. The van der Waals surface area contributed by atoms with Crippen LogP contribution in [0.15, 0.2) is 12.1 Å². The predicted molar refractivity (Wildman–Crippen MR) is 72.0 cm³/mol. The van der Waals surface area contributed by atoms with Gasteiger partial charge < -0.3 is 15.2 Å². The van der Waals surface area contributed by atoms with Crippen molar-refractivity contribution in [3.63, 3.8) is 0 Å². The molecular formula is C13H16ClN3O2. The molecule has 5 nitrogen and oxygen atoms in total. The number of ether oxygens (including phenoxy) is 1. The van der Waals surface area contributed by atoms with Gasteiger partial charge in [-0.15, -0.1) is 0 Å². The zero-order chi connectivity index (χ0) is 13.7. The van der Waals surface area contributed by atoms with Gasteiger partial charge in [-0.1, -0.05) is 11.6 Å². The number of hydrogen-bond acceptors (Lipinski definition) is 5. The minimum atomic E-state index is -0.596. The molecule has 6 heteroatoms. The molecule has 19 heavy (non-hydrogen) atoms. The van der Waals surface area contributed by atoms with Crippen LogP contribution in [0.2, 0.25) is 5.02 Å². The maximum atomic E-state index is 9.72. The largest absolute Gasteiger partial charge is 0.389 e. The average molecular weight is 282 g/mol. The molecule has 0 amide bonds. The molecule has 0 radical (unpaired) electrons. The first kappa shape index (κ1) is 14.1. The van der Waals surface area contributed by atoms with Crippen LogP contribution in [0.5, 0.6) is 0 Å². The number of pyridine rings is 1. The fraction of sp³-hybridized carbons (Fsp3) is 0.538. The molecule has 1 aliphatic rings. The van der Waals surface area contributed by atoms with Gasteiger partial charge in [-0.2, -0.15) is 5.26 Å². The van der Waals surface area contributed by atoms with E-state index in [0.29, 0.717) is 29.9 Å². The molecular weight excluding hydrogens is 266 g/mol. The number of nitrogens with one attached hydrogen (secondary N) is 1. The Kier molecular flexibility index (Phi) is 4.97. The summed E-state index contributed by atoms with van der Waals surface area (Å²) in [6.45, 7) is 1.36. The molecule has 1 unspecified atom stereocenters. The molecule has 0 aliphatic heterocycles. The van der Waals surface area contributed by atoms with E-state index in [1.54, 1.807) is 12.1 Å². The summed E-state index contributed by atoms with van der Waals surface area (Å²) in [4.78, 5) is 4.03. The maximum absolute atomic E-state index is 9.72. The highest BCUT2D eigenvalue weighted by molar-refractivity contribution is 6.31. The van der Waals surface area contributed by atoms with Crippen LogP contribution < -0.4 is 5.32 Å². The Hall–Kier alpha value is -1.35. The van der Waals surface area contributed by atoms with Crippen LogP contribution in [0.1, 0.15) is 18.5 Å². The smallest absolute Gasteiger partial charge is 0.161 e. The molecule has 0 aromatic carbocycles. The van der Waals surface area contributed by atoms with E-state index in [0.717, 1.165) is 6.61 Å². The van der Waals surface area contributed by atoms with Crippen molar-refractivity contribution < 1.29 is 9.84 Å². The number of nitriles is 1. The van der Waals surface area contributed by atoms with Gasteiger partial charge in [0.25, 0.3) is 0 Å². The van der Waals surface area contributed by atoms with Gasteiger partial charge in [-0.05, 0) is 30.9 Å². The van der Waals surface area contributed by atoms with Crippen molar-refractivity contribution in [1.82, 2.24) is 4.98 Å². The predicted octanol–water partition coefficient (Wildman–Crippen LogP) is 1.81. The van der Waals surface area contributed by atoms with Crippen LogP contribution in [0.3, 0.4) is 0 Å². The van der Waals surface area contributed by atoms with E-state index in [1.807, 2.05) is 6.07 Å². The van der Waals surface area contributed by atoms with Crippen molar-refractivity contribution in [1.29, 1.82) is 5.26 Å². The summed E-state index contributed by atoms with van der Waals surface area (Å²) >= 11 is 5.78. The third-order valence-electron chi connectivity index (χ3n) is 2.83. The van der Waals surface area contributed by atoms with Crippen molar-refractivity contribution in [2.75, 3.05) is 25.1 Å². The van der Waals surface area contributed by atoms with Crippen LogP contribution in [0, 0.1) is 17.2 Å². The minimum absolute atomic E-state index is 0.172. The van der Waals surface area contributed by atoms with Gasteiger partial charge in [0.05, 0.1) is 17.7 Å². The topological polar surface area (TPSA) is 78.2 Å². The maximum Gasteiger partial charge on any atom is 0.161 e. The summed E-state index contributed by atoms with van der Waals surface area (Å²) in [6.07, 6.45) is 1.88. The molecule has 1 fully saturated rings. The summed E-state index contributed by atoms with van der Waals surface area (Å²) in [6, 6.07) is 5.18. The first-order valence-electron chi connectivity index (χ1n) is 6.25. The molecule has 1 heterocycles. The summed E-state index contributed by atoms with van der Waals surface area (Å²) < 4.78 is 5.39. The first-order chi connectivity index (χ1) is 9.19. The molecule has 1 aliphatic carbocycles. The average Bonchev–Trinajstić information content (AvgIpc) is 3.22. The summed E-state index contributed by atoms with van der Waals surface area (Å²) in [7, 11) is 0. The van der Waals surface area contributed by atoms with Crippen molar-refractivity contribution in [3.05, 3.63) is 22.8 Å². The van der Waals surface area contributed by atoms with E-state index in [-0.39, 0.29) is 5.69 Å². The highest BCUT2D eigenvalue weighted by atomic mass is 35.5. The Morgan fingerprint density at radius 2 is 2.37 bits per heavy atom. The lowest BCUT2D eigenvalue weighted by Gasteiger charge is -2.12. The summed E-state index contributed by atoms with van der Waals surface area (Å²) in [5, 5.41) is 21.8. The lowest BCUT2D eigenvalue weighted by molar-refractivity contribution is 0.0386. The number of rotatable bonds is 7. The first-order valence-corrected chi connectivity index (χ1v) is 6.63. The fourth-order valence-corrected chi connectivity index (χ4v) is 1.70. The van der Waals surface area contributed by atoms with Crippen LogP contribution >= 0.6 is 11.6 Å². The minimum Gasteiger partial charge on any atom is -0.389 e. The number of aromatic nitrogens is 1. The molecule has 2 N–H and O–H groups in total. The Morgan fingerprint density at radius 1 is 1.58 bits per heavy atom. The SMILES string of the molecule is N#Cc1nc(NCC(O)COCC2CC2)ccc1Cl. The van der Waals surface area contributed by atoms with Gasteiger partial charge >= 0.3 is 0 Å². The quantitative estimate of drug-likeness (QED) is 0.797. The Morgan fingerprint density at radius 3 is 3.05 bits per heavy atom. The van der Waals surface area contributed by atoms with Crippen molar-refractivity contribution in [3.8, 4) is 6.07 Å². The standard InChI is InChI=1S/C13H16ClN3O2/c14-11-3-4-13(17-12(11)5-15)16-6-10(18)8-19-7-9-1-2-9/h3-4,9-10,18H,1-2,6-8H2,(H,16,17). The van der Waals surface area contributed by atoms with Crippen LogP contribution in [-0.4, -0.2) is 36.0 Å². The highest BCUT2D eigenvalue weighted by Gasteiger charge is 2.21. The Balaban J connectivity index is 1.72. The zero-order valence-corrected chi connectivity index (χ0v) is 11.2. The lowest BCUT2D eigenvalue weighted by Crippen LogP contribution is -2.25. The van der Waals surface area contributed by atoms with E-state index in [4.69, 9.17) is 21.6 Å². The van der Waals surface area contributed by atoms with Gasteiger partial charge in [0.15, 0.2) is 5.69 Å². The Labute approximate surface area is 117 Å². The summed E-state index contributed by atoms with van der Waals surface area (Å²) in [5.74, 6) is 1.21. The monoisotopic (exact) mass is 281 g/mol. The van der Waals surface area contributed by atoms with E-state index in [9.17, 15) is 5.11 Å². The van der Waals surface area contributed by atoms with E-state index in [1.165, 1.54) is 12.8 Å². The molecule has 1 saturated carbocycles. The molecule has 1 aromatic rings. The van der Waals surface area contributed by atoms with E-state index >= 15 is 0 Å². The van der Waals surface area contributed by atoms with Crippen LogP contribution in [-0.2, 0) is 4.74 Å². The third kappa shape index (κ3) is 4.67. The van der Waals surface area contributed by atoms with Crippen LogP contribution in [0.4, 0.5) is 5.82 Å². The molecule has 102 valence electrons. The van der Waals surface area contributed by atoms with Crippen LogP contribution in [0.25, 0.3) is 0 Å². The number of halogens is 1. The normalized spacial score (nSPS) is 15.8. The van der Waals surface area contributed by atoms with Gasteiger partial charge in [-0.25, -0.2) is 4.98 Å². The number of nitrogens with zero attached hydrogens (tertiary/aromatic N) is 2.